The Labute approximate surface area is 61.6 Å². The molecule has 1 rings (SSSR count). The van der Waals surface area contributed by atoms with Crippen molar-refractivity contribution in [3.05, 3.63) is 11.6 Å². The fourth-order valence-corrected chi connectivity index (χ4v) is 1.14. The number of dihydropyridines is 1. The summed E-state index contributed by atoms with van der Waals surface area (Å²) in [5.74, 6) is 0.412. The molecule has 0 saturated carbocycles. The SMILES string of the molecule is COC1N=CC(C)=C[C@H]1C. The van der Waals surface area contributed by atoms with Gasteiger partial charge in [0.1, 0.15) is 0 Å². The second kappa shape index (κ2) is 2.97. The second-order valence-electron chi connectivity index (χ2n) is 2.67. The quantitative estimate of drug-likeness (QED) is 0.541. The van der Waals surface area contributed by atoms with Crippen molar-refractivity contribution in [1.29, 1.82) is 0 Å². The number of hydrogen-bond acceptors (Lipinski definition) is 2. The molecule has 1 aliphatic heterocycles. The van der Waals surface area contributed by atoms with Gasteiger partial charge in [-0.2, -0.15) is 0 Å². The number of aliphatic imine (C=N–C) groups is 1. The molecule has 1 unspecified atom stereocenters. The molecule has 2 nitrogen and oxygen atoms in total. The number of nitrogens with zero attached hydrogens (tertiary/aromatic N) is 1. The molecule has 0 aliphatic carbocycles. The lowest BCUT2D eigenvalue weighted by Gasteiger charge is -2.19. The Morgan fingerprint density at radius 2 is 2.30 bits per heavy atom. The van der Waals surface area contributed by atoms with E-state index in [4.69, 9.17) is 4.74 Å². The number of allylic oxidation sites excluding steroid dienone is 1. The highest BCUT2D eigenvalue weighted by Crippen LogP contribution is 2.15. The summed E-state index contributed by atoms with van der Waals surface area (Å²) in [4.78, 5) is 4.19. The Kier molecular flexibility index (Phi) is 2.22. The first-order chi connectivity index (χ1) is 4.74. The molecule has 0 bridgehead atoms. The van der Waals surface area contributed by atoms with Gasteiger partial charge in [0.15, 0.2) is 6.23 Å². The standard InChI is InChI=1S/C8H13NO/c1-6-4-7(2)8(10-3)9-5-6/h4-5,7-8H,1-3H3/t7-,8?/m1/s1. The van der Waals surface area contributed by atoms with Crippen LogP contribution in [-0.4, -0.2) is 19.6 Å². The molecule has 0 amide bonds. The molecule has 1 aliphatic rings. The minimum Gasteiger partial charge on any atom is -0.359 e. The van der Waals surface area contributed by atoms with Crippen LogP contribution in [0.1, 0.15) is 13.8 Å². The monoisotopic (exact) mass is 139 g/mol. The Bertz CT molecular complexity index is 172. The summed E-state index contributed by atoms with van der Waals surface area (Å²) in [5.41, 5.74) is 1.22. The number of rotatable bonds is 1. The fraction of sp³-hybridized carbons (Fsp3) is 0.625. The fourth-order valence-electron chi connectivity index (χ4n) is 1.14. The third kappa shape index (κ3) is 1.45. The normalized spacial score (nSPS) is 32.1. The Hall–Kier alpha value is -0.630. The van der Waals surface area contributed by atoms with Crippen molar-refractivity contribution in [2.24, 2.45) is 10.9 Å². The molecule has 0 spiro atoms. The topological polar surface area (TPSA) is 21.6 Å². The molecular formula is C8H13NO. The maximum atomic E-state index is 5.11. The maximum absolute atomic E-state index is 5.11. The molecular weight excluding hydrogens is 126 g/mol. The highest BCUT2D eigenvalue weighted by Gasteiger charge is 2.14. The summed E-state index contributed by atoms with van der Waals surface area (Å²) in [7, 11) is 1.69. The van der Waals surface area contributed by atoms with Crippen LogP contribution in [0.4, 0.5) is 0 Å². The van der Waals surface area contributed by atoms with Crippen LogP contribution in [0.3, 0.4) is 0 Å². The Morgan fingerprint density at radius 3 is 2.80 bits per heavy atom. The van der Waals surface area contributed by atoms with Crippen molar-refractivity contribution in [3.63, 3.8) is 0 Å². The van der Waals surface area contributed by atoms with Gasteiger partial charge in [-0.25, -0.2) is 0 Å². The smallest absolute Gasteiger partial charge is 0.153 e. The number of methoxy groups -OCH3 is 1. The van der Waals surface area contributed by atoms with Crippen molar-refractivity contribution < 1.29 is 4.74 Å². The van der Waals surface area contributed by atoms with E-state index in [0.29, 0.717) is 5.92 Å². The molecule has 10 heavy (non-hydrogen) atoms. The molecule has 0 N–H and O–H groups in total. The van der Waals surface area contributed by atoms with Crippen molar-refractivity contribution in [2.75, 3.05) is 7.11 Å². The van der Waals surface area contributed by atoms with E-state index < -0.39 is 0 Å². The van der Waals surface area contributed by atoms with Gasteiger partial charge in [-0.1, -0.05) is 13.0 Å². The van der Waals surface area contributed by atoms with E-state index in [0.717, 1.165) is 0 Å². The largest absolute Gasteiger partial charge is 0.359 e. The molecule has 0 fully saturated rings. The zero-order valence-corrected chi connectivity index (χ0v) is 6.66. The molecule has 0 aromatic rings. The predicted octanol–water partition coefficient (Wildman–Crippen LogP) is 1.63. The number of hydrogen-bond donors (Lipinski definition) is 0. The summed E-state index contributed by atoms with van der Waals surface area (Å²) < 4.78 is 5.11. The van der Waals surface area contributed by atoms with Crippen LogP contribution < -0.4 is 0 Å². The van der Waals surface area contributed by atoms with Crippen LogP contribution in [-0.2, 0) is 4.74 Å². The van der Waals surface area contributed by atoms with E-state index in [2.05, 4.69) is 18.0 Å². The molecule has 1 heterocycles. The predicted molar refractivity (Wildman–Crippen MR) is 42.2 cm³/mol. The van der Waals surface area contributed by atoms with Gasteiger partial charge >= 0.3 is 0 Å². The average molecular weight is 139 g/mol. The first-order valence-corrected chi connectivity index (χ1v) is 3.48. The van der Waals surface area contributed by atoms with Crippen LogP contribution in [0.5, 0.6) is 0 Å². The number of ether oxygens (including phenoxy) is 1. The zero-order valence-electron chi connectivity index (χ0n) is 6.66. The molecule has 0 radical (unpaired) electrons. The molecule has 2 heteroatoms. The first-order valence-electron chi connectivity index (χ1n) is 3.48. The third-order valence-electron chi connectivity index (χ3n) is 1.64. The molecule has 2 atom stereocenters. The van der Waals surface area contributed by atoms with Gasteiger partial charge < -0.3 is 4.74 Å². The van der Waals surface area contributed by atoms with Gasteiger partial charge in [-0.15, -0.1) is 0 Å². The highest BCUT2D eigenvalue weighted by atomic mass is 16.5. The van der Waals surface area contributed by atoms with E-state index >= 15 is 0 Å². The Morgan fingerprint density at radius 1 is 1.60 bits per heavy atom. The zero-order chi connectivity index (χ0) is 7.56. The molecule has 0 aromatic carbocycles. The average Bonchev–Trinajstić information content (AvgIpc) is 1.88. The van der Waals surface area contributed by atoms with Crippen molar-refractivity contribution in [3.8, 4) is 0 Å². The Balaban J connectivity index is 2.64. The van der Waals surface area contributed by atoms with Gasteiger partial charge in [0.25, 0.3) is 0 Å². The lowest BCUT2D eigenvalue weighted by molar-refractivity contribution is 0.0810. The summed E-state index contributed by atoms with van der Waals surface area (Å²) >= 11 is 0. The summed E-state index contributed by atoms with van der Waals surface area (Å²) in [6, 6.07) is 0. The van der Waals surface area contributed by atoms with Crippen LogP contribution in [0.15, 0.2) is 16.6 Å². The van der Waals surface area contributed by atoms with Crippen molar-refractivity contribution >= 4 is 6.21 Å². The van der Waals surface area contributed by atoms with E-state index in [1.807, 2.05) is 13.1 Å². The minimum atomic E-state index is 0.0312. The molecule has 0 aromatic heterocycles. The van der Waals surface area contributed by atoms with Crippen LogP contribution in [0.2, 0.25) is 0 Å². The van der Waals surface area contributed by atoms with Crippen LogP contribution in [0, 0.1) is 5.92 Å². The summed E-state index contributed by atoms with van der Waals surface area (Å²) in [5, 5.41) is 0. The van der Waals surface area contributed by atoms with Gasteiger partial charge in [0, 0.05) is 19.2 Å². The lowest BCUT2D eigenvalue weighted by atomic mass is 10.1. The summed E-state index contributed by atoms with van der Waals surface area (Å²) in [6.45, 7) is 4.15. The maximum Gasteiger partial charge on any atom is 0.153 e. The second-order valence-corrected chi connectivity index (χ2v) is 2.67. The first kappa shape index (κ1) is 7.48. The third-order valence-corrected chi connectivity index (χ3v) is 1.64. The van der Waals surface area contributed by atoms with Gasteiger partial charge in [-0.3, -0.25) is 4.99 Å². The molecule has 56 valence electrons. The van der Waals surface area contributed by atoms with E-state index in [9.17, 15) is 0 Å². The van der Waals surface area contributed by atoms with E-state index in [1.165, 1.54) is 5.57 Å². The van der Waals surface area contributed by atoms with Gasteiger partial charge in [-0.05, 0) is 12.5 Å². The van der Waals surface area contributed by atoms with Gasteiger partial charge in [0.05, 0.1) is 0 Å². The van der Waals surface area contributed by atoms with Crippen LogP contribution >= 0.6 is 0 Å². The van der Waals surface area contributed by atoms with E-state index in [-0.39, 0.29) is 6.23 Å². The van der Waals surface area contributed by atoms with Crippen LogP contribution in [0.25, 0.3) is 0 Å². The minimum absolute atomic E-state index is 0.0312. The molecule has 0 saturated heterocycles. The lowest BCUT2D eigenvalue weighted by Crippen LogP contribution is -2.19. The highest BCUT2D eigenvalue weighted by molar-refractivity contribution is 5.78. The van der Waals surface area contributed by atoms with Crippen molar-refractivity contribution in [2.45, 2.75) is 20.1 Å². The van der Waals surface area contributed by atoms with E-state index in [1.54, 1.807) is 7.11 Å². The van der Waals surface area contributed by atoms with Crippen molar-refractivity contribution in [1.82, 2.24) is 0 Å². The van der Waals surface area contributed by atoms with Gasteiger partial charge in [0.2, 0.25) is 0 Å². The summed E-state index contributed by atoms with van der Waals surface area (Å²) in [6.07, 6.45) is 4.05.